The fraction of sp³-hybridized carbons (Fsp3) is 0.231. The maximum absolute atomic E-state index is 12.0. The van der Waals surface area contributed by atoms with Crippen LogP contribution < -0.4 is 10.6 Å². The number of carbonyl (C=O) groups excluding carboxylic acids is 2. The Morgan fingerprint density at radius 3 is 2.62 bits per heavy atom. The zero-order valence-corrected chi connectivity index (χ0v) is 12.0. The van der Waals surface area contributed by atoms with Crippen LogP contribution in [0.15, 0.2) is 30.6 Å². The number of amides is 2. The molecule has 0 saturated carbocycles. The third-order valence-electron chi connectivity index (χ3n) is 2.71. The molecule has 7 nitrogen and oxygen atoms in total. The van der Waals surface area contributed by atoms with Gasteiger partial charge < -0.3 is 5.32 Å². The number of nitrogens with zero attached hydrogens (tertiary/aromatic N) is 2. The van der Waals surface area contributed by atoms with E-state index in [1.165, 1.54) is 13.3 Å². The van der Waals surface area contributed by atoms with E-state index in [1.807, 2.05) is 0 Å². The van der Waals surface area contributed by atoms with Gasteiger partial charge in [0, 0.05) is 11.9 Å². The molecule has 0 aliphatic carbocycles. The van der Waals surface area contributed by atoms with Crippen LogP contribution in [0.3, 0.4) is 0 Å². The van der Waals surface area contributed by atoms with E-state index >= 15 is 0 Å². The van der Waals surface area contributed by atoms with Crippen molar-refractivity contribution in [1.82, 2.24) is 20.5 Å². The molecule has 0 saturated heterocycles. The van der Waals surface area contributed by atoms with Gasteiger partial charge in [-0.1, -0.05) is 23.7 Å². The van der Waals surface area contributed by atoms with Crippen LogP contribution in [-0.4, -0.2) is 27.0 Å². The van der Waals surface area contributed by atoms with Crippen molar-refractivity contribution in [2.24, 2.45) is 0 Å². The molecule has 2 aromatic rings. The van der Waals surface area contributed by atoms with E-state index in [0.29, 0.717) is 5.02 Å². The molecule has 110 valence electrons. The monoisotopic (exact) mass is 307 g/mol. The Hall–Kier alpha value is -2.41. The fourth-order valence-corrected chi connectivity index (χ4v) is 1.95. The maximum Gasteiger partial charge on any atom is 0.229 e. The quantitative estimate of drug-likeness (QED) is 0.782. The number of rotatable bonds is 5. The molecule has 1 aromatic heterocycles. The number of anilines is 1. The lowest BCUT2D eigenvalue weighted by atomic mass is 10.0. The summed E-state index contributed by atoms with van der Waals surface area (Å²) in [6.45, 7) is 1.40. The molecule has 0 spiro atoms. The first-order valence-corrected chi connectivity index (χ1v) is 6.60. The lowest BCUT2D eigenvalue weighted by Gasteiger charge is -2.17. The van der Waals surface area contributed by atoms with E-state index in [2.05, 4.69) is 25.8 Å². The molecule has 0 bridgehead atoms. The molecule has 8 heteroatoms. The van der Waals surface area contributed by atoms with Gasteiger partial charge in [-0.05, 0) is 17.7 Å². The second-order valence-electron chi connectivity index (χ2n) is 4.39. The summed E-state index contributed by atoms with van der Waals surface area (Å²) in [6.07, 6.45) is 1.36. The second-order valence-corrected chi connectivity index (χ2v) is 4.83. The van der Waals surface area contributed by atoms with E-state index in [0.717, 1.165) is 5.56 Å². The highest BCUT2D eigenvalue weighted by molar-refractivity contribution is 6.30. The molecular weight excluding hydrogens is 294 g/mol. The lowest BCUT2D eigenvalue weighted by molar-refractivity contribution is -0.120. The summed E-state index contributed by atoms with van der Waals surface area (Å²) < 4.78 is 0. The zero-order valence-electron chi connectivity index (χ0n) is 11.3. The van der Waals surface area contributed by atoms with Crippen molar-refractivity contribution in [3.05, 3.63) is 41.2 Å². The summed E-state index contributed by atoms with van der Waals surface area (Å²) in [7, 11) is 0. The normalized spacial score (nSPS) is 11.7. The summed E-state index contributed by atoms with van der Waals surface area (Å²) in [5.41, 5.74) is 0.794. The van der Waals surface area contributed by atoms with Crippen LogP contribution in [-0.2, 0) is 9.59 Å². The molecule has 21 heavy (non-hydrogen) atoms. The standard InChI is InChI=1S/C13H14ClN5O2/c1-8(20)17-11(9-2-4-10(14)5-3-9)6-12(21)18-13-15-7-16-19-13/h2-5,7,11H,6H2,1H3,(H,17,20)(H2,15,16,18,19,21)/t11-/m0/s1. The largest absolute Gasteiger partial charge is 0.349 e. The predicted octanol–water partition coefficient (Wildman–Crippen LogP) is 1.66. The Balaban J connectivity index is 2.07. The average Bonchev–Trinajstić information content (AvgIpc) is 2.91. The second kappa shape index (κ2) is 6.85. The SMILES string of the molecule is CC(=O)N[C@@H](CC(=O)Nc1ncn[nH]1)c1ccc(Cl)cc1. The lowest BCUT2D eigenvalue weighted by Crippen LogP contribution is -2.29. The molecule has 1 atom stereocenters. The molecule has 0 fully saturated rings. The summed E-state index contributed by atoms with van der Waals surface area (Å²) in [5, 5.41) is 12.1. The molecule has 0 aliphatic rings. The topological polar surface area (TPSA) is 99.8 Å². The van der Waals surface area contributed by atoms with Crippen molar-refractivity contribution in [2.75, 3.05) is 5.32 Å². The van der Waals surface area contributed by atoms with E-state index in [9.17, 15) is 9.59 Å². The molecule has 2 amide bonds. The zero-order chi connectivity index (χ0) is 15.2. The number of hydrogen-bond acceptors (Lipinski definition) is 4. The average molecular weight is 308 g/mol. The number of aromatic amines is 1. The number of halogens is 1. The smallest absolute Gasteiger partial charge is 0.229 e. The summed E-state index contributed by atoms with van der Waals surface area (Å²) in [6, 6.07) is 6.51. The van der Waals surface area contributed by atoms with Crippen LogP contribution in [0.5, 0.6) is 0 Å². The fourth-order valence-electron chi connectivity index (χ4n) is 1.83. The number of H-pyrrole nitrogens is 1. The third kappa shape index (κ3) is 4.57. The number of carbonyl (C=O) groups is 2. The van der Waals surface area contributed by atoms with Crippen LogP contribution >= 0.6 is 11.6 Å². The van der Waals surface area contributed by atoms with E-state index in [4.69, 9.17) is 11.6 Å². The first-order valence-electron chi connectivity index (χ1n) is 6.22. The van der Waals surface area contributed by atoms with Gasteiger partial charge in [0.1, 0.15) is 6.33 Å². The van der Waals surface area contributed by atoms with E-state index < -0.39 is 6.04 Å². The van der Waals surface area contributed by atoms with Crippen molar-refractivity contribution >= 4 is 29.4 Å². The van der Waals surface area contributed by atoms with Crippen LogP contribution in [0.2, 0.25) is 5.02 Å². The van der Waals surface area contributed by atoms with Crippen molar-refractivity contribution in [1.29, 1.82) is 0 Å². The Labute approximate surface area is 126 Å². The molecule has 0 radical (unpaired) electrons. The highest BCUT2D eigenvalue weighted by Crippen LogP contribution is 2.20. The molecule has 3 N–H and O–H groups in total. The minimum Gasteiger partial charge on any atom is -0.349 e. The number of aromatic nitrogens is 3. The molecule has 0 aliphatic heterocycles. The molecule has 1 heterocycles. The number of nitrogens with one attached hydrogen (secondary N) is 3. The van der Waals surface area contributed by atoms with Crippen LogP contribution in [0.25, 0.3) is 0 Å². The maximum atomic E-state index is 12.0. The number of benzene rings is 1. The van der Waals surface area contributed by atoms with Gasteiger partial charge in [0.25, 0.3) is 0 Å². The minimum atomic E-state index is -0.442. The Kier molecular flexibility index (Phi) is 4.89. The summed E-state index contributed by atoms with van der Waals surface area (Å²) in [4.78, 5) is 27.1. The van der Waals surface area contributed by atoms with E-state index in [-0.39, 0.29) is 24.2 Å². The van der Waals surface area contributed by atoms with Gasteiger partial charge in [0.2, 0.25) is 17.8 Å². The van der Waals surface area contributed by atoms with Crippen LogP contribution in [0.4, 0.5) is 5.95 Å². The number of hydrogen-bond donors (Lipinski definition) is 3. The van der Waals surface area contributed by atoms with Crippen molar-refractivity contribution < 1.29 is 9.59 Å². The van der Waals surface area contributed by atoms with E-state index in [1.54, 1.807) is 24.3 Å². The molecule has 1 aromatic carbocycles. The van der Waals surface area contributed by atoms with Crippen molar-refractivity contribution in [3.63, 3.8) is 0 Å². The Morgan fingerprint density at radius 1 is 1.33 bits per heavy atom. The minimum absolute atomic E-state index is 0.0713. The third-order valence-corrected chi connectivity index (χ3v) is 2.96. The van der Waals surface area contributed by atoms with Crippen LogP contribution in [0.1, 0.15) is 24.9 Å². The summed E-state index contributed by atoms with van der Waals surface area (Å²) in [5.74, 6) is -0.249. The highest BCUT2D eigenvalue weighted by atomic mass is 35.5. The molecular formula is C13H14ClN5O2. The molecule has 0 unspecified atom stereocenters. The van der Waals surface area contributed by atoms with Gasteiger partial charge in [-0.15, -0.1) is 0 Å². The van der Waals surface area contributed by atoms with Gasteiger partial charge in [-0.2, -0.15) is 10.1 Å². The van der Waals surface area contributed by atoms with Gasteiger partial charge in [-0.3, -0.25) is 14.9 Å². The van der Waals surface area contributed by atoms with Crippen LogP contribution in [0, 0.1) is 0 Å². The van der Waals surface area contributed by atoms with Gasteiger partial charge >= 0.3 is 0 Å². The van der Waals surface area contributed by atoms with Crippen molar-refractivity contribution in [3.8, 4) is 0 Å². The summed E-state index contributed by atoms with van der Waals surface area (Å²) >= 11 is 5.84. The van der Waals surface area contributed by atoms with Crippen molar-refractivity contribution in [2.45, 2.75) is 19.4 Å². The highest BCUT2D eigenvalue weighted by Gasteiger charge is 2.17. The first kappa shape index (κ1) is 15.0. The molecule has 2 rings (SSSR count). The Bertz CT molecular complexity index is 612. The Morgan fingerprint density at radius 2 is 2.05 bits per heavy atom. The predicted molar refractivity (Wildman–Crippen MR) is 77.6 cm³/mol. The van der Waals surface area contributed by atoms with Gasteiger partial charge in [-0.25, -0.2) is 5.10 Å². The first-order chi connectivity index (χ1) is 10.0. The van der Waals surface area contributed by atoms with Gasteiger partial charge in [0.15, 0.2) is 0 Å². The van der Waals surface area contributed by atoms with Gasteiger partial charge in [0.05, 0.1) is 12.5 Å².